The van der Waals surface area contributed by atoms with Crippen LogP contribution in [0.3, 0.4) is 0 Å². The fourth-order valence-corrected chi connectivity index (χ4v) is 5.10. The molecule has 0 atom stereocenters. The van der Waals surface area contributed by atoms with E-state index in [2.05, 4.69) is 0 Å². The summed E-state index contributed by atoms with van der Waals surface area (Å²) in [6.07, 6.45) is 1.68. The third-order valence-corrected chi connectivity index (χ3v) is 6.80. The minimum absolute atomic E-state index is 0.115. The molecule has 0 radical (unpaired) electrons. The highest BCUT2D eigenvalue weighted by Crippen LogP contribution is 2.28. The van der Waals surface area contributed by atoms with Crippen molar-refractivity contribution in [1.29, 1.82) is 0 Å². The molecule has 108 valence electrons. The number of aliphatic hydroxyl groups is 1. The number of sulfonamides is 1. The van der Waals surface area contributed by atoms with Crippen molar-refractivity contribution in [3.63, 3.8) is 0 Å². The second-order valence-electron chi connectivity index (χ2n) is 4.68. The maximum Gasteiger partial charge on any atom is 0.252 e. The van der Waals surface area contributed by atoms with E-state index < -0.39 is 10.0 Å². The summed E-state index contributed by atoms with van der Waals surface area (Å²) in [5.41, 5.74) is 0. The molecule has 0 aliphatic carbocycles. The lowest BCUT2D eigenvalue weighted by molar-refractivity contribution is 0.121. The monoisotopic (exact) mass is 305 g/mol. The van der Waals surface area contributed by atoms with Gasteiger partial charge in [0.15, 0.2) is 0 Å². The van der Waals surface area contributed by atoms with Crippen molar-refractivity contribution < 1.29 is 18.3 Å². The lowest BCUT2D eigenvalue weighted by Crippen LogP contribution is -2.39. The molecular formula is C12H19NO4S2. The molecule has 0 amide bonds. The molecule has 7 heteroatoms. The van der Waals surface area contributed by atoms with Crippen LogP contribution < -0.4 is 0 Å². The van der Waals surface area contributed by atoms with Crippen molar-refractivity contribution in [3.8, 4) is 0 Å². The molecule has 19 heavy (non-hydrogen) atoms. The summed E-state index contributed by atoms with van der Waals surface area (Å²) < 4.78 is 31.8. The summed E-state index contributed by atoms with van der Waals surface area (Å²) in [4.78, 5) is 0.674. The fourth-order valence-electron chi connectivity index (χ4n) is 2.26. The SMILES string of the molecule is COCC1CCN(S(=O)(=O)c2ccc(CO)s2)CC1. The Kier molecular flexibility index (Phi) is 4.97. The van der Waals surface area contributed by atoms with E-state index in [1.54, 1.807) is 19.2 Å². The van der Waals surface area contributed by atoms with Gasteiger partial charge < -0.3 is 9.84 Å². The van der Waals surface area contributed by atoms with Gasteiger partial charge in [-0.05, 0) is 30.9 Å². The number of piperidine rings is 1. The number of nitrogens with zero attached hydrogens (tertiary/aromatic N) is 1. The van der Waals surface area contributed by atoms with Gasteiger partial charge in [0.2, 0.25) is 0 Å². The van der Waals surface area contributed by atoms with Gasteiger partial charge in [0.1, 0.15) is 4.21 Å². The van der Waals surface area contributed by atoms with E-state index in [0.717, 1.165) is 24.2 Å². The summed E-state index contributed by atoms with van der Waals surface area (Å²) in [6, 6.07) is 3.24. The molecule has 0 spiro atoms. The molecule has 0 aromatic carbocycles. The summed E-state index contributed by atoms with van der Waals surface area (Å²) in [5.74, 6) is 0.452. The van der Waals surface area contributed by atoms with E-state index in [1.807, 2.05) is 0 Å². The zero-order chi connectivity index (χ0) is 13.9. The smallest absolute Gasteiger partial charge is 0.252 e. The first-order valence-corrected chi connectivity index (χ1v) is 8.52. The Hall–Kier alpha value is -0.470. The predicted molar refractivity (Wildman–Crippen MR) is 73.6 cm³/mol. The topological polar surface area (TPSA) is 66.8 Å². The summed E-state index contributed by atoms with van der Waals surface area (Å²) in [5, 5.41) is 9.01. The van der Waals surface area contributed by atoms with Crippen LogP contribution in [0.5, 0.6) is 0 Å². The Morgan fingerprint density at radius 3 is 2.63 bits per heavy atom. The molecule has 0 bridgehead atoms. The van der Waals surface area contributed by atoms with Gasteiger partial charge in [0, 0.05) is 31.7 Å². The van der Waals surface area contributed by atoms with Gasteiger partial charge in [-0.2, -0.15) is 4.31 Å². The fraction of sp³-hybridized carbons (Fsp3) is 0.667. The van der Waals surface area contributed by atoms with E-state index in [-0.39, 0.29) is 6.61 Å². The van der Waals surface area contributed by atoms with E-state index in [0.29, 0.717) is 34.7 Å². The molecule has 1 aromatic rings. The lowest BCUT2D eigenvalue weighted by atomic mass is 9.99. The largest absolute Gasteiger partial charge is 0.391 e. The number of hydrogen-bond donors (Lipinski definition) is 1. The predicted octanol–water partition coefficient (Wildman–Crippen LogP) is 1.29. The molecule has 1 aliphatic heterocycles. The highest BCUT2D eigenvalue weighted by atomic mass is 32.2. The van der Waals surface area contributed by atoms with Gasteiger partial charge >= 0.3 is 0 Å². The van der Waals surface area contributed by atoms with Gasteiger partial charge in [-0.3, -0.25) is 0 Å². The summed E-state index contributed by atoms with van der Waals surface area (Å²) >= 11 is 1.14. The Morgan fingerprint density at radius 2 is 2.11 bits per heavy atom. The second kappa shape index (κ2) is 6.32. The molecule has 1 aliphatic rings. The van der Waals surface area contributed by atoms with Gasteiger partial charge in [-0.15, -0.1) is 11.3 Å². The first-order chi connectivity index (χ1) is 9.07. The maximum atomic E-state index is 12.4. The molecule has 0 saturated carbocycles. The molecule has 5 nitrogen and oxygen atoms in total. The molecule has 1 fully saturated rings. The first kappa shape index (κ1) is 14.9. The lowest BCUT2D eigenvalue weighted by Gasteiger charge is -2.30. The summed E-state index contributed by atoms with van der Waals surface area (Å²) in [7, 11) is -1.72. The number of thiophene rings is 1. The molecule has 1 N–H and O–H groups in total. The van der Waals surface area contributed by atoms with Crippen LogP contribution in [0.15, 0.2) is 16.3 Å². The highest BCUT2D eigenvalue weighted by Gasteiger charge is 2.30. The first-order valence-electron chi connectivity index (χ1n) is 6.26. The van der Waals surface area contributed by atoms with Crippen LogP contribution >= 0.6 is 11.3 Å². The zero-order valence-electron chi connectivity index (χ0n) is 10.9. The van der Waals surface area contributed by atoms with E-state index in [9.17, 15) is 8.42 Å². The Morgan fingerprint density at radius 1 is 1.42 bits per heavy atom. The average molecular weight is 305 g/mol. The number of methoxy groups -OCH3 is 1. The second-order valence-corrected chi connectivity index (χ2v) is 8.01. The normalized spacial score (nSPS) is 18.8. The van der Waals surface area contributed by atoms with Crippen LogP contribution in [0.25, 0.3) is 0 Å². The number of aliphatic hydroxyl groups excluding tert-OH is 1. The van der Waals surface area contributed by atoms with Crippen molar-refractivity contribution in [3.05, 3.63) is 17.0 Å². The van der Waals surface area contributed by atoms with Gasteiger partial charge in [-0.25, -0.2) is 8.42 Å². The van der Waals surface area contributed by atoms with Crippen molar-refractivity contribution in [2.75, 3.05) is 26.8 Å². The molecule has 2 heterocycles. The van der Waals surface area contributed by atoms with E-state index in [4.69, 9.17) is 9.84 Å². The Bertz CT molecular complexity index is 504. The van der Waals surface area contributed by atoms with Gasteiger partial charge in [-0.1, -0.05) is 0 Å². The van der Waals surface area contributed by atoms with Crippen molar-refractivity contribution in [2.45, 2.75) is 23.7 Å². The van der Waals surface area contributed by atoms with Crippen molar-refractivity contribution >= 4 is 21.4 Å². The highest BCUT2D eigenvalue weighted by molar-refractivity contribution is 7.91. The number of rotatable bonds is 5. The van der Waals surface area contributed by atoms with E-state index >= 15 is 0 Å². The Labute approximate surface area is 117 Å². The Balaban J connectivity index is 2.05. The third kappa shape index (κ3) is 3.35. The van der Waals surface area contributed by atoms with E-state index in [1.165, 1.54) is 4.31 Å². The minimum Gasteiger partial charge on any atom is -0.391 e. The van der Waals surface area contributed by atoms with Crippen LogP contribution in [0.2, 0.25) is 0 Å². The van der Waals surface area contributed by atoms with Gasteiger partial charge in [0.05, 0.1) is 6.61 Å². The molecule has 1 aromatic heterocycles. The molecule has 2 rings (SSSR count). The number of hydrogen-bond acceptors (Lipinski definition) is 5. The maximum absolute atomic E-state index is 12.4. The van der Waals surface area contributed by atoms with Crippen molar-refractivity contribution in [1.82, 2.24) is 4.31 Å². The quantitative estimate of drug-likeness (QED) is 0.890. The van der Waals surface area contributed by atoms with Crippen LogP contribution in [-0.2, 0) is 21.4 Å². The van der Waals surface area contributed by atoms with Crippen molar-refractivity contribution in [2.24, 2.45) is 5.92 Å². The van der Waals surface area contributed by atoms with Crippen LogP contribution in [0, 0.1) is 5.92 Å². The average Bonchev–Trinajstić information content (AvgIpc) is 2.89. The standard InChI is InChI=1S/C12H19NO4S2/c1-17-9-10-4-6-13(7-5-10)19(15,16)12-3-2-11(8-14)18-12/h2-3,10,14H,4-9H2,1H3. The third-order valence-electron chi connectivity index (χ3n) is 3.36. The van der Waals surface area contributed by atoms with Gasteiger partial charge in [0.25, 0.3) is 10.0 Å². The molecule has 0 unspecified atom stereocenters. The number of ether oxygens (including phenoxy) is 1. The molecule has 1 saturated heterocycles. The van der Waals surface area contributed by atoms with Crippen LogP contribution in [0.1, 0.15) is 17.7 Å². The summed E-state index contributed by atoms with van der Waals surface area (Å²) in [6.45, 7) is 1.67. The van der Waals surface area contributed by atoms with Crippen LogP contribution in [-0.4, -0.2) is 44.6 Å². The van der Waals surface area contributed by atoms with Crippen LogP contribution in [0.4, 0.5) is 0 Å². The minimum atomic E-state index is -3.39. The zero-order valence-corrected chi connectivity index (χ0v) is 12.5. The molecular weight excluding hydrogens is 286 g/mol.